The predicted molar refractivity (Wildman–Crippen MR) is 147 cm³/mol. The lowest BCUT2D eigenvalue weighted by atomic mass is 9.87. The molecular formula is C29H22F6N2O7S2. The second-order valence-corrected chi connectivity index (χ2v) is 15.3. The van der Waals surface area contributed by atoms with E-state index in [2.05, 4.69) is 10.3 Å². The SMILES string of the molecule is CS(=O)(=O)c1c(C(F)(F)F)ccc(C(=O)c2ccc(C(F)(F)F)c(S(C)(=O)=O)c2-c2cnoc2C2CC2)c1-c1cnoc1C1CC1. The van der Waals surface area contributed by atoms with Crippen LogP contribution in [-0.4, -0.2) is 45.4 Å². The summed E-state index contributed by atoms with van der Waals surface area (Å²) in [6.07, 6.45) is -5.30. The Labute approximate surface area is 257 Å². The molecule has 244 valence electrons. The smallest absolute Gasteiger partial charge is 0.360 e. The van der Waals surface area contributed by atoms with Crippen molar-refractivity contribution in [3.05, 3.63) is 70.4 Å². The summed E-state index contributed by atoms with van der Waals surface area (Å²) in [4.78, 5) is 12.0. The van der Waals surface area contributed by atoms with Crippen LogP contribution in [0.25, 0.3) is 22.3 Å². The molecule has 4 aromatic rings. The summed E-state index contributed by atoms with van der Waals surface area (Å²) in [6, 6.07) is 2.17. The highest BCUT2D eigenvalue weighted by atomic mass is 32.2. The number of alkyl halides is 6. The van der Waals surface area contributed by atoms with Gasteiger partial charge in [0.15, 0.2) is 25.5 Å². The third-order valence-corrected chi connectivity index (χ3v) is 10.1. The maximum atomic E-state index is 14.5. The van der Waals surface area contributed by atoms with E-state index in [1.165, 1.54) is 0 Å². The molecule has 2 aromatic carbocycles. The first kappa shape index (κ1) is 32.0. The zero-order chi connectivity index (χ0) is 33.6. The molecule has 0 N–H and O–H groups in total. The molecule has 0 atom stereocenters. The van der Waals surface area contributed by atoms with Gasteiger partial charge in [-0.25, -0.2) is 16.8 Å². The minimum atomic E-state index is -5.21. The summed E-state index contributed by atoms with van der Waals surface area (Å²) in [5.74, 6) is -1.87. The van der Waals surface area contributed by atoms with Crippen molar-refractivity contribution < 1.29 is 57.0 Å². The Bertz CT molecular complexity index is 1970. The number of hydrogen-bond donors (Lipinski definition) is 0. The van der Waals surface area contributed by atoms with E-state index in [0.29, 0.717) is 62.5 Å². The van der Waals surface area contributed by atoms with Crippen molar-refractivity contribution in [2.45, 2.75) is 59.7 Å². The fourth-order valence-electron chi connectivity index (χ4n) is 5.59. The Kier molecular flexibility index (Phi) is 7.31. The third kappa shape index (κ3) is 5.63. The highest BCUT2D eigenvalue weighted by molar-refractivity contribution is 7.91. The summed E-state index contributed by atoms with van der Waals surface area (Å²) in [7, 11) is -9.53. The van der Waals surface area contributed by atoms with Crippen LogP contribution >= 0.6 is 0 Å². The number of sulfone groups is 2. The van der Waals surface area contributed by atoms with Gasteiger partial charge in [-0.3, -0.25) is 4.79 Å². The number of benzene rings is 2. The standard InChI is InChI=1S/C29H22F6N2O7S2/c1-45(39,40)26-19(28(30,31)32)9-7-15(21(26)17-11-36-43-24(17)13-3-4-13)23(38)16-8-10-20(29(33,34)35)27(46(2,41)42)22(16)18-12-37-44-25(18)14-5-6-14/h7-14H,3-6H2,1-2H3. The molecule has 2 aromatic heterocycles. The molecule has 2 heterocycles. The average Bonchev–Trinajstić information content (AvgIpc) is 3.87. The number of nitrogens with zero attached hydrogens (tertiary/aromatic N) is 2. The molecule has 0 spiro atoms. The first-order valence-corrected chi connectivity index (χ1v) is 17.4. The summed E-state index contributed by atoms with van der Waals surface area (Å²) in [5, 5.41) is 7.28. The molecule has 0 radical (unpaired) electrons. The first-order chi connectivity index (χ1) is 21.3. The Balaban J connectivity index is 1.73. The van der Waals surface area contributed by atoms with E-state index in [-0.39, 0.29) is 34.5 Å². The minimum Gasteiger partial charge on any atom is -0.360 e. The highest BCUT2D eigenvalue weighted by Gasteiger charge is 2.44. The van der Waals surface area contributed by atoms with Crippen molar-refractivity contribution in [2.75, 3.05) is 12.5 Å². The molecule has 0 unspecified atom stereocenters. The predicted octanol–water partition coefficient (Wildman–Crippen LogP) is 6.83. The van der Waals surface area contributed by atoms with E-state index in [1.807, 2.05) is 0 Å². The fraction of sp³-hybridized carbons (Fsp3) is 0.345. The first-order valence-electron chi connectivity index (χ1n) is 13.6. The number of carbonyl (C=O) groups excluding carboxylic acids is 1. The van der Waals surface area contributed by atoms with Gasteiger partial charge in [0.25, 0.3) is 0 Å². The van der Waals surface area contributed by atoms with Crippen molar-refractivity contribution in [3.63, 3.8) is 0 Å². The molecule has 0 saturated heterocycles. The Morgan fingerprint density at radius 1 is 0.674 bits per heavy atom. The molecular weight excluding hydrogens is 666 g/mol. The Morgan fingerprint density at radius 3 is 1.30 bits per heavy atom. The van der Waals surface area contributed by atoms with E-state index >= 15 is 0 Å². The average molecular weight is 689 g/mol. The van der Waals surface area contributed by atoms with Gasteiger partial charge in [0.2, 0.25) is 0 Å². The second kappa shape index (κ2) is 10.5. The van der Waals surface area contributed by atoms with Gasteiger partial charge in [-0.1, -0.05) is 10.3 Å². The molecule has 2 fully saturated rings. The van der Waals surface area contributed by atoms with E-state index < -0.39 is 81.0 Å². The lowest BCUT2D eigenvalue weighted by Gasteiger charge is -2.21. The normalized spacial score (nSPS) is 16.2. The molecule has 2 saturated carbocycles. The Morgan fingerprint density at radius 2 is 1.02 bits per heavy atom. The van der Waals surface area contributed by atoms with Crippen LogP contribution in [0.3, 0.4) is 0 Å². The van der Waals surface area contributed by atoms with Crippen molar-refractivity contribution in [1.29, 1.82) is 0 Å². The zero-order valence-electron chi connectivity index (χ0n) is 23.8. The van der Waals surface area contributed by atoms with Crippen LogP contribution in [0.4, 0.5) is 26.3 Å². The van der Waals surface area contributed by atoms with Gasteiger partial charge in [0.1, 0.15) is 11.5 Å². The molecule has 0 aliphatic heterocycles. The topological polar surface area (TPSA) is 137 Å². The highest BCUT2D eigenvalue weighted by Crippen LogP contribution is 2.51. The molecule has 0 amide bonds. The van der Waals surface area contributed by atoms with Crippen molar-refractivity contribution in [3.8, 4) is 22.3 Å². The van der Waals surface area contributed by atoms with E-state index in [1.54, 1.807) is 0 Å². The summed E-state index contributed by atoms with van der Waals surface area (Å²) >= 11 is 0. The molecule has 2 aliphatic rings. The number of halogens is 6. The quantitative estimate of drug-likeness (QED) is 0.144. The largest absolute Gasteiger partial charge is 0.417 e. The zero-order valence-corrected chi connectivity index (χ0v) is 25.4. The number of ketones is 1. The molecule has 46 heavy (non-hydrogen) atoms. The van der Waals surface area contributed by atoms with Gasteiger partial charge < -0.3 is 9.05 Å². The van der Waals surface area contributed by atoms with Gasteiger partial charge in [-0.15, -0.1) is 0 Å². The molecule has 17 heteroatoms. The van der Waals surface area contributed by atoms with Gasteiger partial charge in [0.05, 0.1) is 33.3 Å². The maximum Gasteiger partial charge on any atom is 0.417 e. The monoisotopic (exact) mass is 688 g/mol. The lowest BCUT2D eigenvalue weighted by molar-refractivity contribution is -0.140. The van der Waals surface area contributed by atoms with E-state index in [0.717, 1.165) is 12.4 Å². The molecule has 9 nitrogen and oxygen atoms in total. The van der Waals surface area contributed by atoms with Crippen molar-refractivity contribution in [1.82, 2.24) is 10.3 Å². The van der Waals surface area contributed by atoms with Gasteiger partial charge in [-0.05, 0) is 49.9 Å². The number of hydrogen-bond acceptors (Lipinski definition) is 9. The fourth-order valence-corrected chi connectivity index (χ4v) is 7.94. The number of carbonyl (C=O) groups is 1. The van der Waals surface area contributed by atoms with Crippen LogP contribution in [0.1, 0.15) is 76.1 Å². The second-order valence-electron chi connectivity index (χ2n) is 11.4. The van der Waals surface area contributed by atoms with Crippen LogP contribution in [0.2, 0.25) is 0 Å². The van der Waals surface area contributed by atoms with Crippen LogP contribution in [-0.2, 0) is 32.0 Å². The Hall–Kier alpha value is -3.99. The van der Waals surface area contributed by atoms with Crippen LogP contribution in [0.5, 0.6) is 0 Å². The lowest BCUT2D eigenvalue weighted by Crippen LogP contribution is -2.19. The third-order valence-electron chi connectivity index (χ3n) is 7.79. The minimum absolute atomic E-state index is 0.0257. The van der Waals surface area contributed by atoms with Crippen LogP contribution in [0.15, 0.2) is 55.5 Å². The van der Waals surface area contributed by atoms with Gasteiger partial charge in [0, 0.05) is 57.7 Å². The van der Waals surface area contributed by atoms with Gasteiger partial charge in [-0.2, -0.15) is 26.3 Å². The van der Waals surface area contributed by atoms with Crippen LogP contribution < -0.4 is 0 Å². The summed E-state index contributed by atoms with van der Waals surface area (Å²) < 4.78 is 148. The molecule has 6 rings (SSSR count). The van der Waals surface area contributed by atoms with Gasteiger partial charge >= 0.3 is 12.4 Å². The summed E-state index contributed by atoms with van der Waals surface area (Å²) in [6.45, 7) is 0. The molecule has 2 aliphatic carbocycles. The van der Waals surface area contributed by atoms with Crippen molar-refractivity contribution in [2.24, 2.45) is 0 Å². The number of rotatable bonds is 8. The number of aromatic nitrogens is 2. The summed E-state index contributed by atoms with van der Waals surface area (Å²) in [5.41, 5.74) is -6.40. The van der Waals surface area contributed by atoms with Crippen LogP contribution in [0, 0.1) is 0 Å². The van der Waals surface area contributed by atoms with E-state index in [4.69, 9.17) is 9.05 Å². The maximum absolute atomic E-state index is 14.5. The van der Waals surface area contributed by atoms with E-state index in [9.17, 15) is 48.0 Å². The van der Waals surface area contributed by atoms with Crippen molar-refractivity contribution >= 4 is 25.5 Å². The molecule has 0 bridgehead atoms.